The molecule has 2 N–H and O–H groups in total. The zero-order valence-electron chi connectivity index (χ0n) is 13.1. The molecule has 1 fully saturated rings. The minimum atomic E-state index is -0.478. The van der Waals surface area contributed by atoms with Crippen LogP contribution in [0.3, 0.4) is 0 Å². The first kappa shape index (κ1) is 15.8. The van der Waals surface area contributed by atoms with Crippen molar-refractivity contribution >= 4 is 11.7 Å². The molecule has 0 aromatic carbocycles. The monoisotopic (exact) mass is 291 g/mol. The van der Waals surface area contributed by atoms with Gasteiger partial charge in [-0.25, -0.2) is 4.79 Å². The minimum Gasteiger partial charge on any atom is -0.458 e. The van der Waals surface area contributed by atoms with E-state index in [9.17, 15) is 4.79 Å². The smallest absolute Gasteiger partial charge is 0.329 e. The average Bonchev–Trinajstić information content (AvgIpc) is 2.45. The Hall–Kier alpha value is -1.62. The molecule has 2 rings (SSSR count). The summed E-state index contributed by atoms with van der Waals surface area (Å²) in [5.74, 6) is 0.0360. The summed E-state index contributed by atoms with van der Waals surface area (Å²) in [6.45, 7) is 7.53. The number of pyridine rings is 1. The van der Waals surface area contributed by atoms with Gasteiger partial charge < -0.3 is 15.4 Å². The molecule has 1 aromatic rings. The fourth-order valence-electron chi connectivity index (χ4n) is 2.53. The van der Waals surface area contributed by atoms with Gasteiger partial charge in [0.05, 0.1) is 5.69 Å². The summed E-state index contributed by atoms with van der Waals surface area (Å²) in [6, 6.07) is 3.43. The molecule has 2 unspecified atom stereocenters. The van der Waals surface area contributed by atoms with Crippen molar-refractivity contribution in [2.75, 3.05) is 18.4 Å². The summed E-state index contributed by atoms with van der Waals surface area (Å²) in [5.41, 5.74) is 0.368. The summed E-state index contributed by atoms with van der Waals surface area (Å²) in [4.78, 5) is 16.6. The molecule has 116 valence electrons. The Balaban J connectivity index is 2.11. The molecular weight excluding hydrogens is 266 g/mol. The molecule has 0 spiro atoms. The molecule has 0 radical (unpaired) electrons. The molecule has 21 heavy (non-hydrogen) atoms. The van der Waals surface area contributed by atoms with Crippen LogP contribution in [-0.2, 0) is 9.53 Å². The first-order chi connectivity index (χ1) is 9.96. The molecule has 2 heterocycles. The zero-order chi connectivity index (χ0) is 15.3. The lowest BCUT2D eigenvalue weighted by Gasteiger charge is -2.32. The van der Waals surface area contributed by atoms with E-state index in [1.165, 1.54) is 0 Å². The van der Waals surface area contributed by atoms with Gasteiger partial charge in [0.2, 0.25) is 0 Å². The van der Waals surface area contributed by atoms with Crippen LogP contribution in [0.2, 0.25) is 0 Å². The predicted octanol–water partition coefficient (Wildman–Crippen LogP) is 2.20. The molecule has 0 saturated carbocycles. The molecule has 2 atom stereocenters. The Bertz CT molecular complexity index is 450. The van der Waals surface area contributed by atoms with E-state index in [1.54, 1.807) is 12.4 Å². The lowest BCUT2D eigenvalue weighted by atomic mass is 9.91. The van der Waals surface area contributed by atoms with Crippen molar-refractivity contribution in [1.29, 1.82) is 0 Å². The highest BCUT2D eigenvalue weighted by Crippen LogP contribution is 2.21. The van der Waals surface area contributed by atoms with E-state index in [-0.39, 0.29) is 17.9 Å². The molecule has 1 aromatic heterocycles. The van der Waals surface area contributed by atoms with Crippen LogP contribution in [0.25, 0.3) is 0 Å². The normalized spacial score (nSPS) is 20.6. The summed E-state index contributed by atoms with van der Waals surface area (Å²) in [5, 5.41) is 6.65. The highest BCUT2D eigenvalue weighted by Gasteiger charge is 2.33. The largest absolute Gasteiger partial charge is 0.458 e. The van der Waals surface area contributed by atoms with Gasteiger partial charge in [-0.1, -0.05) is 0 Å². The third-order valence-corrected chi connectivity index (χ3v) is 3.45. The molecule has 1 aliphatic rings. The Labute approximate surface area is 126 Å². The average molecular weight is 291 g/mol. The quantitative estimate of drug-likeness (QED) is 0.833. The van der Waals surface area contributed by atoms with E-state index in [0.29, 0.717) is 0 Å². The van der Waals surface area contributed by atoms with Gasteiger partial charge in [0, 0.05) is 24.9 Å². The lowest BCUT2D eigenvalue weighted by molar-refractivity contribution is -0.157. The fourth-order valence-corrected chi connectivity index (χ4v) is 2.53. The van der Waals surface area contributed by atoms with Crippen molar-refractivity contribution in [1.82, 2.24) is 10.3 Å². The number of carbonyl (C=O) groups excluding carboxylic acids is 1. The SMILES string of the molecule is CC(C)(C)OC(=O)C(Nc1cccnc1)C1CCCNC1. The Morgan fingerprint density at radius 1 is 1.52 bits per heavy atom. The number of piperidine rings is 1. The van der Waals surface area contributed by atoms with Gasteiger partial charge >= 0.3 is 5.97 Å². The van der Waals surface area contributed by atoms with Crippen LogP contribution in [0.4, 0.5) is 5.69 Å². The van der Waals surface area contributed by atoms with Gasteiger partial charge in [-0.3, -0.25) is 4.98 Å². The standard InChI is InChI=1S/C16H25N3O2/c1-16(2,3)21-15(20)14(12-6-4-8-17-10-12)19-13-7-5-9-18-11-13/h5,7,9,11-12,14,17,19H,4,6,8,10H2,1-3H3. The second-order valence-electron chi connectivity index (χ2n) is 6.50. The maximum Gasteiger partial charge on any atom is 0.329 e. The first-order valence-electron chi connectivity index (χ1n) is 7.56. The second kappa shape index (κ2) is 6.89. The molecule has 5 nitrogen and oxygen atoms in total. The summed E-state index contributed by atoms with van der Waals surface area (Å²) in [7, 11) is 0. The molecule has 0 bridgehead atoms. The van der Waals surface area contributed by atoms with Gasteiger partial charge in [0.1, 0.15) is 11.6 Å². The number of nitrogens with zero attached hydrogens (tertiary/aromatic N) is 1. The maximum absolute atomic E-state index is 12.5. The Morgan fingerprint density at radius 2 is 2.33 bits per heavy atom. The van der Waals surface area contributed by atoms with Gasteiger partial charge in [0.25, 0.3) is 0 Å². The van der Waals surface area contributed by atoms with E-state index in [2.05, 4.69) is 15.6 Å². The highest BCUT2D eigenvalue weighted by atomic mass is 16.6. The van der Waals surface area contributed by atoms with Crippen LogP contribution in [0.1, 0.15) is 33.6 Å². The lowest BCUT2D eigenvalue weighted by Crippen LogP contribution is -2.47. The Kier molecular flexibility index (Phi) is 5.17. The number of carbonyl (C=O) groups is 1. The number of aromatic nitrogens is 1. The molecule has 1 saturated heterocycles. The van der Waals surface area contributed by atoms with Crippen LogP contribution in [0, 0.1) is 5.92 Å². The van der Waals surface area contributed by atoms with Crippen molar-refractivity contribution in [3.8, 4) is 0 Å². The molecule has 0 aliphatic carbocycles. The van der Waals surface area contributed by atoms with Crippen molar-refractivity contribution < 1.29 is 9.53 Å². The zero-order valence-corrected chi connectivity index (χ0v) is 13.1. The molecular formula is C16H25N3O2. The number of hydrogen-bond acceptors (Lipinski definition) is 5. The molecule has 0 amide bonds. The predicted molar refractivity (Wildman–Crippen MR) is 83.1 cm³/mol. The number of rotatable bonds is 4. The summed E-state index contributed by atoms with van der Waals surface area (Å²) in [6.07, 6.45) is 5.55. The van der Waals surface area contributed by atoms with Crippen LogP contribution in [0.5, 0.6) is 0 Å². The van der Waals surface area contributed by atoms with Gasteiger partial charge in [-0.2, -0.15) is 0 Å². The van der Waals surface area contributed by atoms with Gasteiger partial charge in [-0.15, -0.1) is 0 Å². The fraction of sp³-hybridized carbons (Fsp3) is 0.625. The van der Waals surface area contributed by atoms with E-state index in [4.69, 9.17) is 4.74 Å². The van der Waals surface area contributed by atoms with Crippen molar-refractivity contribution in [2.45, 2.75) is 45.3 Å². The van der Waals surface area contributed by atoms with Crippen molar-refractivity contribution in [2.24, 2.45) is 5.92 Å². The Morgan fingerprint density at radius 3 is 2.90 bits per heavy atom. The molecule has 1 aliphatic heterocycles. The topological polar surface area (TPSA) is 63.2 Å². The number of hydrogen-bond donors (Lipinski definition) is 2. The van der Waals surface area contributed by atoms with E-state index in [1.807, 2.05) is 32.9 Å². The number of anilines is 1. The maximum atomic E-state index is 12.5. The van der Waals surface area contributed by atoms with Crippen LogP contribution >= 0.6 is 0 Å². The van der Waals surface area contributed by atoms with Crippen molar-refractivity contribution in [3.05, 3.63) is 24.5 Å². The van der Waals surface area contributed by atoms with Gasteiger partial charge in [0.15, 0.2) is 0 Å². The number of ether oxygens (including phenoxy) is 1. The van der Waals surface area contributed by atoms with Gasteiger partial charge in [-0.05, 0) is 52.3 Å². The first-order valence-corrected chi connectivity index (χ1v) is 7.56. The van der Waals surface area contributed by atoms with E-state index in [0.717, 1.165) is 31.6 Å². The number of nitrogens with one attached hydrogen (secondary N) is 2. The molecule has 5 heteroatoms. The van der Waals surface area contributed by atoms with Crippen LogP contribution < -0.4 is 10.6 Å². The minimum absolute atomic E-state index is 0.194. The number of esters is 1. The van der Waals surface area contributed by atoms with Crippen LogP contribution in [0.15, 0.2) is 24.5 Å². The van der Waals surface area contributed by atoms with Crippen LogP contribution in [-0.4, -0.2) is 35.7 Å². The summed E-state index contributed by atoms with van der Waals surface area (Å²) < 4.78 is 5.58. The summed E-state index contributed by atoms with van der Waals surface area (Å²) >= 11 is 0. The van der Waals surface area contributed by atoms with Crippen molar-refractivity contribution in [3.63, 3.8) is 0 Å². The van der Waals surface area contributed by atoms with E-state index >= 15 is 0 Å². The van der Waals surface area contributed by atoms with E-state index < -0.39 is 5.60 Å². The third kappa shape index (κ3) is 5.01. The highest BCUT2D eigenvalue weighted by molar-refractivity contribution is 5.80. The third-order valence-electron chi connectivity index (χ3n) is 3.45. The second-order valence-corrected chi connectivity index (χ2v) is 6.50.